The van der Waals surface area contributed by atoms with Crippen LogP contribution in [0.25, 0.3) is 10.1 Å². The van der Waals surface area contributed by atoms with Crippen LogP contribution in [0.5, 0.6) is 0 Å². The number of benzene rings is 2. The van der Waals surface area contributed by atoms with E-state index in [-0.39, 0.29) is 18.3 Å². The van der Waals surface area contributed by atoms with Gasteiger partial charge in [0.1, 0.15) is 5.82 Å². The van der Waals surface area contributed by atoms with Crippen LogP contribution in [-0.4, -0.2) is 22.6 Å². The average molecular weight is 428 g/mol. The third kappa shape index (κ3) is 4.05. The minimum Gasteiger partial charge on any atom is -0.380 e. The summed E-state index contributed by atoms with van der Waals surface area (Å²) < 4.78 is 22.2. The van der Waals surface area contributed by atoms with Gasteiger partial charge in [-0.1, -0.05) is 17.8 Å². The third-order valence-corrected chi connectivity index (χ3v) is 6.64. The summed E-state index contributed by atoms with van der Waals surface area (Å²) in [5.74, 6) is -0.623. The van der Waals surface area contributed by atoms with Crippen LogP contribution in [0.3, 0.4) is 0 Å². The molecule has 5 nitrogen and oxygen atoms in total. The van der Waals surface area contributed by atoms with Gasteiger partial charge < -0.3 is 14.6 Å². The van der Waals surface area contributed by atoms with Crippen molar-refractivity contribution in [3.63, 3.8) is 0 Å². The number of imidazole rings is 1. The van der Waals surface area contributed by atoms with Crippen molar-refractivity contribution >= 4 is 44.8 Å². The number of hydrogen-bond donors (Lipinski definition) is 1. The fourth-order valence-corrected chi connectivity index (χ4v) is 4.90. The number of halogens is 1. The highest BCUT2D eigenvalue weighted by atomic mass is 32.2. The monoisotopic (exact) mass is 427 g/mol. The molecule has 2 heterocycles. The maximum absolute atomic E-state index is 14.3. The van der Waals surface area contributed by atoms with Gasteiger partial charge in [0, 0.05) is 52.8 Å². The van der Waals surface area contributed by atoms with Gasteiger partial charge in [0.15, 0.2) is 5.16 Å². The van der Waals surface area contributed by atoms with Crippen molar-refractivity contribution in [3.8, 4) is 0 Å². The lowest BCUT2D eigenvalue weighted by molar-refractivity contribution is 0.102. The Balaban J connectivity index is 1.56. The summed E-state index contributed by atoms with van der Waals surface area (Å²) in [6.45, 7) is 0.170. The predicted octanol–water partition coefficient (Wildman–Crippen LogP) is 5.32. The number of rotatable bonds is 6. The van der Waals surface area contributed by atoms with Gasteiger partial charge in [-0.3, -0.25) is 4.79 Å². The summed E-state index contributed by atoms with van der Waals surface area (Å²) in [7, 11) is 3.47. The zero-order chi connectivity index (χ0) is 20.4. The number of thiophene rings is 1. The van der Waals surface area contributed by atoms with Crippen molar-refractivity contribution < 1.29 is 13.9 Å². The molecule has 1 amide bonds. The molecule has 0 aliphatic rings. The third-order valence-electron chi connectivity index (χ3n) is 4.36. The Labute approximate surface area is 175 Å². The second kappa shape index (κ2) is 8.36. The Hall–Kier alpha value is -2.68. The Morgan fingerprint density at radius 2 is 2.07 bits per heavy atom. The van der Waals surface area contributed by atoms with Crippen LogP contribution >= 0.6 is 23.1 Å². The molecule has 1 N–H and O–H groups in total. The van der Waals surface area contributed by atoms with Gasteiger partial charge in [-0.25, -0.2) is 9.37 Å². The number of methoxy groups -OCH3 is 1. The number of aromatic nitrogens is 2. The number of hydrogen-bond acceptors (Lipinski definition) is 5. The Kier molecular flexibility index (Phi) is 5.66. The van der Waals surface area contributed by atoms with E-state index in [4.69, 9.17) is 4.74 Å². The van der Waals surface area contributed by atoms with Gasteiger partial charge in [-0.15, -0.1) is 11.3 Å². The minimum absolute atomic E-state index is 0.170. The maximum atomic E-state index is 14.3. The zero-order valence-electron chi connectivity index (χ0n) is 15.8. The van der Waals surface area contributed by atoms with E-state index < -0.39 is 0 Å². The van der Waals surface area contributed by atoms with Crippen LogP contribution in [-0.2, 0) is 18.4 Å². The molecule has 0 atom stereocenters. The number of ether oxygens (including phenoxy) is 1. The van der Waals surface area contributed by atoms with Crippen molar-refractivity contribution in [2.45, 2.75) is 16.7 Å². The zero-order valence-corrected chi connectivity index (χ0v) is 17.4. The van der Waals surface area contributed by atoms with Crippen molar-refractivity contribution in [2.75, 3.05) is 12.4 Å². The van der Waals surface area contributed by atoms with E-state index >= 15 is 0 Å². The van der Waals surface area contributed by atoms with E-state index in [1.165, 1.54) is 24.5 Å². The first kappa shape index (κ1) is 19.6. The average Bonchev–Trinajstić information content (AvgIpc) is 3.28. The molecule has 0 bridgehead atoms. The molecule has 0 saturated heterocycles. The van der Waals surface area contributed by atoms with Crippen molar-refractivity contribution in [1.82, 2.24) is 9.55 Å². The van der Waals surface area contributed by atoms with Gasteiger partial charge in [0.2, 0.25) is 0 Å². The van der Waals surface area contributed by atoms with Gasteiger partial charge in [0.25, 0.3) is 5.91 Å². The summed E-state index contributed by atoms with van der Waals surface area (Å²) in [5.41, 5.74) is 1.24. The molecule has 0 radical (unpaired) electrons. The number of fused-ring (bicyclic) bond motifs is 1. The summed E-state index contributed by atoms with van der Waals surface area (Å²) in [6, 6.07) is 12.4. The second-order valence-electron chi connectivity index (χ2n) is 6.36. The molecule has 0 aliphatic heterocycles. The molecule has 4 aromatic rings. The van der Waals surface area contributed by atoms with E-state index in [0.717, 1.165) is 14.8 Å². The number of nitrogens with one attached hydrogen (secondary N) is 1. The van der Waals surface area contributed by atoms with Gasteiger partial charge >= 0.3 is 0 Å². The van der Waals surface area contributed by atoms with Crippen molar-refractivity contribution in [2.24, 2.45) is 7.05 Å². The standard InChI is InChI=1S/C21H18FN3O2S2/c1-25-11-10-23-21(25)28-14-8-6-13(7-9-14)24-20(26)19-15(12-27-2)18-16(22)4-3-5-17(18)29-19/h3-11H,12H2,1-2H3,(H,24,26). The number of anilines is 1. The van der Waals surface area contributed by atoms with Crippen molar-refractivity contribution in [3.05, 3.63) is 71.1 Å². The first-order chi connectivity index (χ1) is 14.1. The smallest absolute Gasteiger partial charge is 0.266 e. The van der Waals surface area contributed by atoms with E-state index in [1.54, 1.807) is 24.0 Å². The van der Waals surface area contributed by atoms with Crippen LogP contribution in [0.15, 0.2) is 64.9 Å². The fraction of sp³-hybridized carbons (Fsp3) is 0.143. The molecule has 0 spiro atoms. The van der Waals surface area contributed by atoms with E-state index in [1.807, 2.05) is 48.1 Å². The minimum atomic E-state index is -0.347. The predicted molar refractivity (Wildman–Crippen MR) is 114 cm³/mol. The largest absolute Gasteiger partial charge is 0.380 e. The van der Waals surface area contributed by atoms with Gasteiger partial charge in [-0.05, 0) is 36.4 Å². The van der Waals surface area contributed by atoms with E-state index in [0.29, 0.717) is 21.5 Å². The maximum Gasteiger partial charge on any atom is 0.266 e. The first-order valence-corrected chi connectivity index (χ1v) is 10.5. The van der Waals surface area contributed by atoms with Crippen LogP contribution in [0.4, 0.5) is 10.1 Å². The molecule has 2 aromatic heterocycles. The first-order valence-electron chi connectivity index (χ1n) is 8.82. The fourth-order valence-electron chi connectivity index (χ4n) is 2.98. The quantitative estimate of drug-likeness (QED) is 0.452. The summed E-state index contributed by atoms with van der Waals surface area (Å²) in [6.07, 6.45) is 3.64. The lowest BCUT2D eigenvalue weighted by Gasteiger charge is -2.07. The van der Waals surface area contributed by atoms with Crippen LogP contribution < -0.4 is 5.32 Å². The molecule has 0 saturated carbocycles. The van der Waals surface area contributed by atoms with E-state index in [2.05, 4.69) is 10.3 Å². The highest BCUT2D eigenvalue weighted by molar-refractivity contribution is 7.99. The number of amides is 1. The number of carbonyl (C=O) groups excluding carboxylic acids is 1. The lowest BCUT2D eigenvalue weighted by atomic mass is 10.1. The Bertz CT molecular complexity index is 1170. The lowest BCUT2D eigenvalue weighted by Crippen LogP contribution is -2.12. The summed E-state index contributed by atoms with van der Waals surface area (Å²) in [4.78, 5) is 18.6. The summed E-state index contributed by atoms with van der Waals surface area (Å²) in [5, 5.41) is 4.24. The Morgan fingerprint density at radius 1 is 1.28 bits per heavy atom. The molecule has 29 heavy (non-hydrogen) atoms. The van der Waals surface area contributed by atoms with Crippen molar-refractivity contribution in [1.29, 1.82) is 0 Å². The molecule has 0 fully saturated rings. The van der Waals surface area contributed by atoms with Crippen LogP contribution in [0.2, 0.25) is 0 Å². The molecular formula is C21H18FN3O2S2. The molecular weight excluding hydrogens is 409 g/mol. The van der Waals surface area contributed by atoms with E-state index in [9.17, 15) is 9.18 Å². The molecule has 0 unspecified atom stereocenters. The molecule has 148 valence electrons. The number of carbonyl (C=O) groups is 1. The van der Waals surface area contributed by atoms with Crippen LogP contribution in [0, 0.1) is 5.82 Å². The Morgan fingerprint density at radius 3 is 2.76 bits per heavy atom. The van der Waals surface area contributed by atoms with Crippen LogP contribution in [0.1, 0.15) is 15.2 Å². The molecule has 0 aliphatic carbocycles. The normalized spacial score (nSPS) is 11.1. The molecule has 4 rings (SSSR count). The number of aryl methyl sites for hydroxylation is 1. The second-order valence-corrected chi connectivity index (χ2v) is 8.45. The molecule has 8 heteroatoms. The van der Waals surface area contributed by atoms with Gasteiger partial charge in [-0.2, -0.15) is 0 Å². The topological polar surface area (TPSA) is 56.1 Å². The highest BCUT2D eigenvalue weighted by Gasteiger charge is 2.20. The number of nitrogens with zero attached hydrogens (tertiary/aromatic N) is 2. The summed E-state index contributed by atoms with van der Waals surface area (Å²) >= 11 is 2.81. The molecule has 2 aromatic carbocycles. The van der Waals surface area contributed by atoms with Gasteiger partial charge in [0.05, 0.1) is 11.5 Å². The SMILES string of the molecule is COCc1c(C(=O)Nc2ccc(Sc3nccn3C)cc2)sc2cccc(F)c12. The highest BCUT2D eigenvalue weighted by Crippen LogP contribution is 2.34.